The fourth-order valence-electron chi connectivity index (χ4n) is 0.524. The molecule has 0 heterocycles. The maximum Gasteiger partial charge on any atom is 0.330 e. The second-order valence-corrected chi connectivity index (χ2v) is 2.12. The fraction of sp³-hybridized carbons (Fsp3) is 0.571. The quantitative estimate of drug-likeness (QED) is 0.503. The summed E-state index contributed by atoms with van der Waals surface area (Å²) >= 11 is 0. The molecule has 66 valence electrons. The summed E-state index contributed by atoms with van der Waals surface area (Å²) in [4.78, 5) is 10.2. The Morgan fingerprint density at radius 2 is 2.18 bits per heavy atom. The Bertz CT molecular complexity index is 145. The van der Waals surface area contributed by atoms with Crippen LogP contribution in [0.3, 0.4) is 0 Å². The molecule has 3 nitrogen and oxygen atoms in total. The molecule has 11 heavy (non-hydrogen) atoms. The van der Waals surface area contributed by atoms with E-state index in [0.29, 0.717) is 12.1 Å². The van der Waals surface area contributed by atoms with Crippen molar-refractivity contribution in [1.29, 1.82) is 0 Å². The van der Waals surface area contributed by atoms with Gasteiger partial charge >= 0.3 is 5.97 Å². The van der Waals surface area contributed by atoms with Gasteiger partial charge < -0.3 is 10.8 Å². The van der Waals surface area contributed by atoms with Crippen LogP contribution in [0.5, 0.6) is 0 Å². The molecule has 0 aliphatic heterocycles. The van der Waals surface area contributed by atoms with Gasteiger partial charge in [0.2, 0.25) is 0 Å². The maximum absolute atomic E-state index is 10.2. The number of aliphatic carboxylic acids is 1. The summed E-state index contributed by atoms with van der Waals surface area (Å²) in [6.07, 6.45) is 3.30. The molecule has 0 atom stereocenters. The van der Waals surface area contributed by atoms with Crippen LogP contribution in [0, 0.1) is 0 Å². The van der Waals surface area contributed by atoms with Gasteiger partial charge in [0.25, 0.3) is 0 Å². The molecular formula is C7H14ClNO2. The van der Waals surface area contributed by atoms with Gasteiger partial charge in [-0.3, -0.25) is 0 Å². The van der Waals surface area contributed by atoms with E-state index >= 15 is 0 Å². The summed E-state index contributed by atoms with van der Waals surface area (Å²) < 4.78 is 0. The highest BCUT2D eigenvalue weighted by Crippen LogP contribution is 1.96. The SMILES string of the molecule is CC(=CCCCN)C(=O)O.Cl. The van der Waals surface area contributed by atoms with Crippen LogP contribution >= 0.6 is 12.4 Å². The summed E-state index contributed by atoms with van der Waals surface area (Å²) in [5.41, 5.74) is 5.61. The lowest BCUT2D eigenvalue weighted by Gasteiger charge is -1.92. The number of halogens is 1. The van der Waals surface area contributed by atoms with Crippen LogP contribution in [-0.2, 0) is 4.79 Å². The third-order valence-corrected chi connectivity index (χ3v) is 1.20. The lowest BCUT2D eigenvalue weighted by molar-refractivity contribution is -0.132. The van der Waals surface area contributed by atoms with E-state index in [9.17, 15) is 4.79 Å². The Hall–Kier alpha value is -0.540. The number of allylic oxidation sites excluding steroid dienone is 1. The second-order valence-electron chi connectivity index (χ2n) is 2.12. The minimum atomic E-state index is -0.850. The number of nitrogens with two attached hydrogens (primary N) is 1. The number of carboxylic acid groups (broad SMARTS) is 1. The van der Waals surface area contributed by atoms with Crippen molar-refractivity contribution in [3.8, 4) is 0 Å². The fourth-order valence-corrected chi connectivity index (χ4v) is 0.524. The minimum Gasteiger partial charge on any atom is -0.478 e. The first-order valence-corrected chi connectivity index (χ1v) is 3.28. The monoisotopic (exact) mass is 179 g/mol. The first-order chi connectivity index (χ1) is 4.68. The number of hydrogen-bond donors (Lipinski definition) is 2. The van der Waals surface area contributed by atoms with E-state index in [0.717, 1.165) is 12.8 Å². The minimum absolute atomic E-state index is 0. The Labute approximate surface area is 72.7 Å². The molecular weight excluding hydrogens is 166 g/mol. The molecule has 0 saturated heterocycles. The van der Waals surface area contributed by atoms with Gasteiger partial charge in [0.05, 0.1) is 0 Å². The van der Waals surface area contributed by atoms with Crippen molar-refractivity contribution in [3.63, 3.8) is 0 Å². The molecule has 0 rings (SSSR count). The molecule has 0 aromatic carbocycles. The van der Waals surface area contributed by atoms with E-state index in [-0.39, 0.29) is 12.4 Å². The van der Waals surface area contributed by atoms with Crippen LogP contribution in [0.25, 0.3) is 0 Å². The molecule has 0 amide bonds. The number of hydrogen-bond acceptors (Lipinski definition) is 2. The van der Waals surface area contributed by atoms with E-state index in [2.05, 4.69) is 0 Å². The summed E-state index contributed by atoms with van der Waals surface area (Å²) in [6, 6.07) is 0. The molecule has 0 radical (unpaired) electrons. The van der Waals surface area contributed by atoms with Crippen LogP contribution in [-0.4, -0.2) is 17.6 Å². The first kappa shape index (κ1) is 13.1. The Balaban J connectivity index is 0. The van der Waals surface area contributed by atoms with E-state index in [1.54, 1.807) is 13.0 Å². The first-order valence-electron chi connectivity index (χ1n) is 3.28. The molecule has 4 heteroatoms. The predicted octanol–water partition coefficient (Wildman–Crippen LogP) is 1.18. The molecule has 3 N–H and O–H groups in total. The van der Waals surface area contributed by atoms with Crippen molar-refractivity contribution in [1.82, 2.24) is 0 Å². The summed E-state index contributed by atoms with van der Waals surface area (Å²) in [7, 11) is 0. The highest BCUT2D eigenvalue weighted by molar-refractivity contribution is 5.85. The molecule has 0 aromatic rings. The van der Waals surface area contributed by atoms with Crippen LogP contribution < -0.4 is 5.73 Å². The topological polar surface area (TPSA) is 63.3 Å². The third-order valence-electron chi connectivity index (χ3n) is 1.20. The average molecular weight is 180 g/mol. The van der Waals surface area contributed by atoms with Crippen LogP contribution in [0.1, 0.15) is 19.8 Å². The molecule has 0 fully saturated rings. The van der Waals surface area contributed by atoms with Crippen molar-refractivity contribution in [2.24, 2.45) is 5.73 Å². The number of carboxylic acids is 1. The Kier molecular flexibility index (Phi) is 9.00. The number of rotatable bonds is 4. The zero-order chi connectivity index (χ0) is 7.98. The second kappa shape index (κ2) is 7.57. The standard InChI is InChI=1S/C7H13NO2.ClH/c1-6(7(9)10)4-2-3-5-8;/h4H,2-3,5,8H2,1H3,(H,9,10);1H. The third kappa shape index (κ3) is 7.36. The van der Waals surface area contributed by atoms with Crippen LogP contribution in [0.2, 0.25) is 0 Å². The molecule has 0 saturated carbocycles. The van der Waals surface area contributed by atoms with Gasteiger partial charge in [-0.2, -0.15) is 0 Å². The van der Waals surface area contributed by atoms with Crippen molar-refractivity contribution in [2.75, 3.05) is 6.54 Å². The highest BCUT2D eigenvalue weighted by atomic mass is 35.5. The van der Waals surface area contributed by atoms with E-state index < -0.39 is 5.97 Å². The number of carbonyl (C=O) groups is 1. The molecule has 0 aliphatic carbocycles. The highest BCUT2D eigenvalue weighted by Gasteiger charge is 1.96. The van der Waals surface area contributed by atoms with Gasteiger partial charge in [-0.1, -0.05) is 6.08 Å². The van der Waals surface area contributed by atoms with Crippen molar-refractivity contribution in [3.05, 3.63) is 11.6 Å². The summed E-state index contributed by atoms with van der Waals surface area (Å²) in [5, 5.41) is 8.38. The zero-order valence-electron chi connectivity index (χ0n) is 6.54. The molecule has 0 bridgehead atoms. The van der Waals surface area contributed by atoms with Gasteiger partial charge in [-0.05, 0) is 26.3 Å². The predicted molar refractivity (Wildman–Crippen MR) is 46.9 cm³/mol. The average Bonchev–Trinajstić information content (AvgIpc) is 1.88. The van der Waals surface area contributed by atoms with Crippen LogP contribution in [0.4, 0.5) is 0 Å². The van der Waals surface area contributed by atoms with Gasteiger partial charge in [0, 0.05) is 5.57 Å². The normalized spacial score (nSPS) is 10.5. The summed E-state index contributed by atoms with van der Waals surface area (Å²) in [5.74, 6) is -0.850. The Morgan fingerprint density at radius 3 is 2.55 bits per heavy atom. The molecule has 0 unspecified atom stereocenters. The molecule has 0 aromatic heterocycles. The van der Waals surface area contributed by atoms with E-state index in [4.69, 9.17) is 10.8 Å². The van der Waals surface area contributed by atoms with E-state index in [1.165, 1.54) is 0 Å². The van der Waals surface area contributed by atoms with Crippen molar-refractivity contribution in [2.45, 2.75) is 19.8 Å². The lowest BCUT2D eigenvalue weighted by atomic mass is 10.2. The van der Waals surface area contributed by atoms with Crippen molar-refractivity contribution >= 4 is 18.4 Å². The zero-order valence-corrected chi connectivity index (χ0v) is 7.36. The summed E-state index contributed by atoms with van der Waals surface area (Å²) in [6.45, 7) is 2.20. The van der Waals surface area contributed by atoms with Gasteiger partial charge in [0.1, 0.15) is 0 Å². The van der Waals surface area contributed by atoms with Gasteiger partial charge in [-0.25, -0.2) is 4.79 Å². The largest absolute Gasteiger partial charge is 0.478 e. The van der Waals surface area contributed by atoms with Gasteiger partial charge in [-0.15, -0.1) is 12.4 Å². The van der Waals surface area contributed by atoms with Crippen molar-refractivity contribution < 1.29 is 9.90 Å². The van der Waals surface area contributed by atoms with Gasteiger partial charge in [0.15, 0.2) is 0 Å². The van der Waals surface area contributed by atoms with E-state index in [1.807, 2.05) is 0 Å². The Morgan fingerprint density at radius 1 is 1.64 bits per heavy atom. The number of unbranched alkanes of at least 4 members (excludes halogenated alkanes) is 1. The molecule has 0 spiro atoms. The lowest BCUT2D eigenvalue weighted by Crippen LogP contribution is -1.99. The maximum atomic E-state index is 10.2. The smallest absolute Gasteiger partial charge is 0.330 e. The van der Waals surface area contributed by atoms with Crippen LogP contribution in [0.15, 0.2) is 11.6 Å². The molecule has 0 aliphatic rings.